The summed E-state index contributed by atoms with van der Waals surface area (Å²) in [5.41, 5.74) is 3.48. The molecule has 2 aromatic carbocycles. The highest BCUT2D eigenvalue weighted by molar-refractivity contribution is 6.05. The molecule has 2 heterocycles. The first kappa shape index (κ1) is 14.7. The monoisotopic (exact) mass is 317 g/mol. The highest BCUT2D eigenvalue weighted by Gasteiger charge is 2.13. The number of nitrogens with one attached hydrogen (secondary N) is 1. The molecule has 4 nitrogen and oxygen atoms in total. The van der Waals surface area contributed by atoms with Crippen molar-refractivity contribution in [3.8, 4) is 0 Å². The average molecular weight is 317 g/mol. The summed E-state index contributed by atoms with van der Waals surface area (Å²) in [6.45, 7) is 2.21. The van der Waals surface area contributed by atoms with Crippen molar-refractivity contribution in [2.45, 2.75) is 12.8 Å². The van der Waals surface area contributed by atoms with Crippen LogP contribution in [-0.2, 0) is 0 Å². The standard InChI is InChI=1S/C20H19N3O/c24-20(15-7-9-18(10-8-15)23-11-3-4-12-23)22-17-13-16-5-1-2-6-19(16)21-14-17/h1-2,5-10,13-14H,3-4,11-12H2,(H,22,24). The number of pyridine rings is 1. The Bertz CT molecular complexity index is 867. The smallest absolute Gasteiger partial charge is 0.255 e. The molecule has 1 N–H and O–H groups in total. The van der Waals surface area contributed by atoms with E-state index in [0.29, 0.717) is 11.3 Å². The summed E-state index contributed by atoms with van der Waals surface area (Å²) in [6, 6.07) is 17.6. The first-order valence-electron chi connectivity index (χ1n) is 8.31. The summed E-state index contributed by atoms with van der Waals surface area (Å²) in [6.07, 6.45) is 4.19. The van der Waals surface area contributed by atoms with Gasteiger partial charge in [0.15, 0.2) is 0 Å². The number of carbonyl (C=O) groups excluding carboxylic acids is 1. The first-order chi connectivity index (χ1) is 11.8. The first-order valence-corrected chi connectivity index (χ1v) is 8.31. The second-order valence-electron chi connectivity index (χ2n) is 6.11. The minimum Gasteiger partial charge on any atom is -0.372 e. The zero-order valence-electron chi connectivity index (χ0n) is 13.4. The van der Waals surface area contributed by atoms with Gasteiger partial charge in [-0.1, -0.05) is 18.2 Å². The maximum atomic E-state index is 12.4. The van der Waals surface area contributed by atoms with Crippen LogP contribution in [0.25, 0.3) is 10.9 Å². The molecule has 1 aromatic heterocycles. The Morgan fingerprint density at radius 1 is 1.00 bits per heavy atom. The lowest BCUT2D eigenvalue weighted by Gasteiger charge is -2.17. The van der Waals surface area contributed by atoms with Crippen molar-refractivity contribution in [3.05, 3.63) is 66.4 Å². The van der Waals surface area contributed by atoms with E-state index in [1.807, 2.05) is 54.6 Å². The molecule has 3 aromatic rings. The Balaban J connectivity index is 1.50. The zero-order chi connectivity index (χ0) is 16.4. The van der Waals surface area contributed by atoms with Gasteiger partial charge in [-0.3, -0.25) is 9.78 Å². The predicted octanol–water partition coefficient (Wildman–Crippen LogP) is 4.09. The number of para-hydroxylation sites is 1. The number of anilines is 2. The van der Waals surface area contributed by atoms with Crippen LogP contribution in [0.3, 0.4) is 0 Å². The Labute approximate surface area is 141 Å². The van der Waals surface area contributed by atoms with E-state index in [1.165, 1.54) is 18.5 Å². The van der Waals surface area contributed by atoms with E-state index >= 15 is 0 Å². The Kier molecular flexibility index (Phi) is 3.87. The number of nitrogens with zero attached hydrogens (tertiary/aromatic N) is 2. The fourth-order valence-electron chi connectivity index (χ4n) is 3.14. The summed E-state index contributed by atoms with van der Waals surface area (Å²) in [5, 5.41) is 3.94. The third-order valence-corrected chi connectivity index (χ3v) is 4.45. The number of hydrogen-bond donors (Lipinski definition) is 1. The van der Waals surface area contributed by atoms with E-state index in [9.17, 15) is 4.79 Å². The van der Waals surface area contributed by atoms with Gasteiger partial charge < -0.3 is 10.2 Å². The Hall–Kier alpha value is -2.88. The molecule has 0 atom stereocenters. The second-order valence-corrected chi connectivity index (χ2v) is 6.11. The molecule has 0 saturated carbocycles. The number of aromatic nitrogens is 1. The molecule has 1 amide bonds. The molecule has 0 bridgehead atoms. The molecule has 1 saturated heterocycles. The molecule has 1 fully saturated rings. The number of hydrogen-bond acceptors (Lipinski definition) is 3. The van der Waals surface area contributed by atoms with Gasteiger partial charge in [-0.05, 0) is 49.2 Å². The largest absolute Gasteiger partial charge is 0.372 e. The van der Waals surface area contributed by atoms with Gasteiger partial charge in [0.1, 0.15) is 0 Å². The molecule has 1 aliphatic heterocycles. The molecule has 120 valence electrons. The number of benzene rings is 2. The minimum absolute atomic E-state index is 0.111. The maximum Gasteiger partial charge on any atom is 0.255 e. The number of fused-ring (bicyclic) bond motifs is 1. The van der Waals surface area contributed by atoms with Gasteiger partial charge in [0.05, 0.1) is 17.4 Å². The van der Waals surface area contributed by atoms with Crippen molar-refractivity contribution < 1.29 is 4.79 Å². The van der Waals surface area contributed by atoms with Crippen molar-refractivity contribution in [1.82, 2.24) is 4.98 Å². The lowest BCUT2D eigenvalue weighted by atomic mass is 10.1. The fraction of sp³-hybridized carbons (Fsp3) is 0.200. The fourth-order valence-corrected chi connectivity index (χ4v) is 3.14. The van der Waals surface area contributed by atoms with Gasteiger partial charge in [-0.2, -0.15) is 0 Å². The number of carbonyl (C=O) groups is 1. The van der Waals surface area contributed by atoms with E-state index in [2.05, 4.69) is 15.2 Å². The lowest BCUT2D eigenvalue weighted by Crippen LogP contribution is -2.18. The van der Waals surface area contributed by atoms with Crippen LogP contribution in [0.1, 0.15) is 23.2 Å². The summed E-state index contributed by atoms with van der Waals surface area (Å²) in [4.78, 5) is 19.2. The number of amides is 1. The van der Waals surface area contributed by atoms with Gasteiger partial charge in [0.2, 0.25) is 0 Å². The van der Waals surface area contributed by atoms with Crippen LogP contribution in [0, 0.1) is 0 Å². The summed E-state index contributed by atoms with van der Waals surface area (Å²) in [5.74, 6) is -0.111. The van der Waals surface area contributed by atoms with Crippen molar-refractivity contribution >= 4 is 28.2 Å². The van der Waals surface area contributed by atoms with Gasteiger partial charge in [0.25, 0.3) is 5.91 Å². The van der Waals surface area contributed by atoms with E-state index in [-0.39, 0.29) is 5.91 Å². The average Bonchev–Trinajstić information content (AvgIpc) is 3.16. The van der Waals surface area contributed by atoms with Gasteiger partial charge in [-0.25, -0.2) is 0 Å². The van der Waals surface area contributed by atoms with Crippen LogP contribution in [0.2, 0.25) is 0 Å². The van der Waals surface area contributed by atoms with Crippen molar-refractivity contribution in [3.63, 3.8) is 0 Å². The Morgan fingerprint density at radius 3 is 2.54 bits per heavy atom. The third kappa shape index (κ3) is 2.95. The van der Waals surface area contributed by atoms with Crippen LogP contribution >= 0.6 is 0 Å². The van der Waals surface area contributed by atoms with E-state index in [4.69, 9.17) is 0 Å². The van der Waals surface area contributed by atoms with E-state index in [0.717, 1.165) is 24.0 Å². The lowest BCUT2D eigenvalue weighted by molar-refractivity contribution is 0.102. The van der Waals surface area contributed by atoms with Crippen LogP contribution < -0.4 is 10.2 Å². The van der Waals surface area contributed by atoms with Crippen molar-refractivity contribution in [1.29, 1.82) is 0 Å². The third-order valence-electron chi connectivity index (χ3n) is 4.45. The Morgan fingerprint density at radius 2 is 1.75 bits per heavy atom. The normalized spacial score (nSPS) is 14.1. The van der Waals surface area contributed by atoms with E-state index in [1.54, 1.807) is 6.20 Å². The molecule has 0 spiro atoms. The molecule has 0 radical (unpaired) electrons. The molecule has 1 aliphatic rings. The van der Waals surface area contributed by atoms with E-state index < -0.39 is 0 Å². The second kappa shape index (κ2) is 6.32. The van der Waals surface area contributed by atoms with Crippen molar-refractivity contribution in [2.24, 2.45) is 0 Å². The molecule has 4 rings (SSSR count). The molecule has 24 heavy (non-hydrogen) atoms. The maximum absolute atomic E-state index is 12.4. The molecular weight excluding hydrogens is 298 g/mol. The summed E-state index contributed by atoms with van der Waals surface area (Å²) >= 11 is 0. The van der Waals surface area contributed by atoms with Crippen molar-refractivity contribution in [2.75, 3.05) is 23.3 Å². The predicted molar refractivity (Wildman–Crippen MR) is 97.6 cm³/mol. The van der Waals surface area contributed by atoms with Gasteiger partial charge >= 0.3 is 0 Å². The highest BCUT2D eigenvalue weighted by Crippen LogP contribution is 2.21. The highest BCUT2D eigenvalue weighted by atomic mass is 16.1. The zero-order valence-corrected chi connectivity index (χ0v) is 13.4. The molecule has 0 aliphatic carbocycles. The van der Waals surface area contributed by atoms with Crippen LogP contribution in [0.5, 0.6) is 0 Å². The number of rotatable bonds is 3. The van der Waals surface area contributed by atoms with Crippen LogP contribution in [-0.4, -0.2) is 24.0 Å². The SMILES string of the molecule is O=C(Nc1cnc2ccccc2c1)c1ccc(N2CCCC2)cc1. The van der Waals surface area contributed by atoms with Crippen LogP contribution in [0.15, 0.2) is 60.8 Å². The van der Waals surface area contributed by atoms with Crippen LogP contribution in [0.4, 0.5) is 11.4 Å². The molecule has 0 unspecified atom stereocenters. The summed E-state index contributed by atoms with van der Waals surface area (Å²) in [7, 11) is 0. The topological polar surface area (TPSA) is 45.2 Å². The van der Waals surface area contributed by atoms with Gasteiger partial charge in [0, 0.05) is 29.7 Å². The minimum atomic E-state index is -0.111. The molecule has 4 heteroatoms. The summed E-state index contributed by atoms with van der Waals surface area (Å²) < 4.78 is 0. The molecular formula is C20H19N3O. The van der Waals surface area contributed by atoms with Gasteiger partial charge in [-0.15, -0.1) is 0 Å². The quantitative estimate of drug-likeness (QED) is 0.791.